The summed E-state index contributed by atoms with van der Waals surface area (Å²) in [6.07, 6.45) is -0.376. The summed E-state index contributed by atoms with van der Waals surface area (Å²) >= 11 is 0. The zero-order valence-corrected chi connectivity index (χ0v) is 14.0. The maximum absolute atomic E-state index is 12.4. The Labute approximate surface area is 150 Å². The molecule has 136 valence electrons. The van der Waals surface area contributed by atoms with Crippen molar-refractivity contribution in [2.75, 3.05) is 6.54 Å². The van der Waals surface area contributed by atoms with Crippen molar-refractivity contribution in [3.05, 3.63) is 71.8 Å². The normalized spacial score (nSPS) is 11.7. The number of amides is 1. The second kappa shape index (κ2) is 9.33. The fraction of sp³-hybridized carbons (Fsp3) is 0.211. The van der Waals surface area contributed by atoms with Crippen LogP contribution in [0, 0.1) is 0 Å². The number of aliphatic carboxylic acids is 2. The minimum atomic E-state index is -1.28. The molecule has 0 aliphatic rings. The first-order valence-corrected chi connectivity index (χ1v) is 8.04. The second-order valence-electron chi connectivity index (χ2n) is 5.69. The molecule has 0 aliphatic carbocycles. The zero-order chi connectivity index (χ0) is 18.9. The van der Waals surface area contributed by atoms with Crippen LogP contribution < -0.4 is 10.6 Å². The van der Waals surface area contributed by atoms with Crippen molar-refractivity contribution in [3.8, 4) is 0 Å². The first-order chi connectivity index (χ1) is 12.5. The topological polar surface area (TPSA) is 116 Å². The molecule has 0 aliphatic heterocycles. The number of hydrogen-bond donors (Lipinski definition) is 4. The summed E-state index contributed by atoms with van der Waals surface area (Å²) in [5, 5.41) is 23.0. The van der Waals surface area contributed by atoms with Crippen LogP contribution in [-0.2, 0) is 14.4 Å². The number of carbonyl (C=O) groups excluding carboxylic acids is 1. The smallest absolute Gasteiger partial charge is 0.321 e. The highest BCUT2D eigenvalue weighted by atomic mass is 16.4. The molecular weight excluding hydrogens is 336 g/mol. The minimum absolute atomic E-state index is 0.376. The number of carboxylic acid groups (broad SMARTS) is 2. The van der Waals surface area contributed by atoms with Crippen LogP contribution in [0.3, 0.4) is 0 Å². The van der Waals surface area contributed by atoms with Crippen molar-refractivity contribution in [1.82, 2.24) is 10.6 Å². The monoisotopic (exact) mass is 356 g/mol. The lowest BCUT2D eigenvalue weighted by atomic mass is 9.98. The fourth-order valence-corrected chi connectivity index (χ4v) is 2.51. The van der Waals surface area contributed by atoms with Crippen molar-refractivity contribution in [1.29, 1.82) is 0 Å². The molecular formula is C19H20N2O5. The van der Waals surface area contributed by atoms with E-state index in [2.05, 4.69) is 10.6 Å². The molecule has 4 N–H and O–H groups in total. The Kier molecular flexibility index (Phi) is 6.87. The maximum Gasteiger partial charge on any atom is 0.321 e. The van der Waals surface area contributed by atoms with Gasteiger partial charge in [-0.3, -0.25) is 19.7 Å². The molecule has 0 saturated carbocycles. The van der Waals surface area contributed by atoms with Gasteiger partial charge in [-0.15, -0.1) is 0 Å². The first-order valence-electron chi connectivity index (χ1n) is 8.04. The summed E-state index contributed by atoms with van der Waals surface area (Å²) < 4.78 is 0. The predicted octanol–water partition coefficient (Wildman–Crippen LogP) is 1.41. The molecule has 0 bridgehead atoms. The number of hydrogen-bond acceptors (Lipinski definition) is 4. The predicted molar refractivity (Wildman–Crippen MR) is 94.5 cm³/mol. The number of nitrogens with one attached hydrogen (secondary N) is 2. The lowest BCUT2D eigenvalue weighted by Crippen LogP contribution is -2.43. The van der Waals surface area contributed by atoms with E-state index in [4.69, 9.17) is 10.2 Å². The molecule has 1 amide bonds. The summed E-state index contributed by atoms with van der Waals surface area (Å²) in [4.78, 5) is 34.2. The van der Waals surface area contributed by atoms with E-state index in [0.717, 1.165) is 11.1 Å². The number of rotatable bonds is 9. The van der Waals surface area contributed by atoms with Gasteiger partial charge in [0.15, 0.2) is 0 Å². The summed E-state index contributed by atoms with van der Waals surface area (Å²) in [5.41, 5.74) is 1.72. The Bertz CT molecular complexity index is 710. The van der Waals surface area contributed by atoms with Gasteiger partial charge in [-0.25, -0.2) is 0 Å². The molecule has 2 aromatic rings. The van der Waals surface area contributed by atoms with Gasteiger partial charge >= 0.3 is 11.9 Å². The average Bonchev–Trinajstić information content (AvgIpc) is 2.64. The Balaban J connectivity index is 2.13. The summed E-state index contributed by atoms with van der Waals surface area (Å²) in [6, 6.07) is 16.9. The van der Waals surface area contributed by atoms with E-state index in [1.165, 1.54) is 0 Å². The lowest BCUT2D eigenvalue weighted by Gasteiger charge is -2.21. The van der Waals surface area contributed by atoms with Gasteiger partial charge in [-0.1, -0.05) is 60.7 Å². The van der Waals surface area contributed by atoms with E-state index in [1.54, 1.807) is 0 Å². The first kappa shape index (κ1) is 19.1. The van der Waals surface area contributed by atoms with Crippen molar-refractivity contribution < 1.29 is 24.6 Å². The van der Waals surface area contributed by atoms with E-state index in [-0.39, 0.29) is 6.42 Å². The molecule has 0 fully saturated rings. The SMILES string of the molecule is O=C(O)CNC(CC(=O)NC(c1ccccc1)c1ccccc1)C(=O)O. The molecule has 0 aromatic heterocycles. The lowest BCUT2D eigenvalue weighted by molar-refractivity contribution is -0.142. The third-order valence-corrected chi connectivity index (χ3v) is 3.76. The second-order valence-corrected chi connectivity index (χ2v) is 5.69. The number of benzene rings is 2. The summed E-state index contributed by atoms with van der Waals surface area (Å²) in [6.45, 7) is -0.537. The van der Waals surface area contributed by atoms with Gasteiger partial charge < -0.3 is 15.5 Å². The number of carbonyl (C=O) groups is 3. The third-order valence-electron chi connectivity index (χ3n) is 3.76. The van der Waals surface area contributed by atoms with E-state index < -0.39 is 36.5 Å². The highest BCUT2D eigenvalue weighted by Gasteiger charge is 2.24. The van der Waals surface area contributed by atoms with Crippen molar-refractivity contribution in [3.63, 3.8) is 0 Å². The molecule has 7 nitrogen and oxygen atoms in total. The van der Waals surface area contributed by atoms with Gasteiger partial charge in [0.05, 0.1) is 19.0 Å². The van der Waals surface area contributed by atoms with Crippen molar-refractivity contribution in [2.45, 2.75) is 18.5 Å². The van der Waals surface area contributed by atoms with Crippen LogP contribution >= 0.6 is 0 Å². The van der Waals surface area contributed by atoms with E-state index in [0.29, 0.717) is 0 Å². The zero-order valence-electron chi connectivity index (χ0n) is 14.0. The van der Waals surface area contributed by atoms with Gasteiger partial charge in [0, 0.05) is 0 Å². The van der Waals surface area contributed by atoms with Crippen LogP contribution in [-0.4, -0.2) is 40.6 Å². The van der Waals surface area contributed by atoms with E-state index >= 15 is 0 Å². The van der Waals surface area contributed by atoms with E-state index in [9.17, 15) is 14.4 Å². The Hall–Kier alpha value is -3.19. The van der Waals surface area contributed by atoms with Crippen molar-refractivity contribution >= 4 is 17.8 Å². The van der Waals surface area contributed by atoms with Crippen molar-refractivity contribution in [2.24, 2.45) is 0 Å². The molecule has 0 radical (unpaired) electrons. The van der Waals surface area contributed by atoms with Crippen LogP contribution in [0.5, 0.6) is 0 Å². The van der Waals surface area contributed by atoms with Gasteiger partial charge in [0.25, 0.3) is 0 Å². The highest BCUT2D eigenvalue weighted by Crippen LogP contribution is 2.21. The average molecular weight is 356 g/mol. The standard InChI is InChI=1S/C19H20N2O5/c22-16(11-15(19(25)26)20-12-17(23)24)21-18(13-7-3-1-4-8-13)14-9-5-2-6-10-14/h1-10,15,18,20H,11-12H2,(H,21,22)(H,23,24)(H,25,26). The molecule has 7 heteroatoms. The Morgan fingerprint density at radius 3 is 1.77 bits per heavy atom. The van der Waals surface area contributed by atoms with E-state index in [1.807, 2.05) is 60.7 Å². The minimum Gasteiger partial charge on any atom is -0.480 e. The van der Waals surface area contributed by atoms with Gasteiger partial charge in [-0.05, 0) is 11.1 Å². The molecule has 2 aromatic carbocycles. The quantitative estimate of drug-likeness (QED) is 0.540. The molecule has 2 rings (SSSR count). The third kappa shape index (κ3) is 5.71. The molecule has 26 heavy (non-hydrogen) atoms. The molecule has 1 atom stereocenters. The Morgan fingerprint density at radius 1 is 0.846 bits per heavy atom. The van der Waals surface area contributed by atoms with Crippen LogP contribution in [0.25, 0.3) is 0 Å². The molecule has 0 saturated heterocycles. The Morgan fingerprint density at radius 2 is 1.35 bits per heavy atom. The highest BCUT2D eigenvalue weighted by molar-refractivity contribution is 5.85. The van der Waals surface area contributed by atoms with Gasteiger partial charge in [0.2, 0.25) is 5.91 Å². The van der Waals surface area contributed by atoms with Gasteiger partial charge in [-0.2, -0.15) is 0 Å². The molecule has 0 heterocycles. The maximum atomic E-state index is 12.4. The van der Waals surface area contributed by atoms with Crippen LogP contribution in [0.15, 0.2) is 60.7 Å². The summed E-state index contributed by atoms with van der Waals surface area (Å²) in [5.74, 6) is -2.96. The number of carboxylic acids is 2. The largest absolute Gasteiger partial charge is 0.480 e. The van der Waals surface area contributed by atoms with Crippen LogP contribution in [0.2, 0.25) is 0 Å². The van der Waals surface area contributed by atoms with Gasteiger partial charge in [0.1, 0.15) is 6.04 Å². The molecule has 1 unspecified atom stereocenters. The molecule has 0 spiro atoms. The van der Waals surface area contributed by atoms with Crippen LogP contribution in [0.4, 0.5) is 0 Å². The fourth-order valence-electron chi connectivity index (χ4n) is 2.51. The summed E-state index contributed by atoms with van der Waals surface area (Å²) in [7, 11) is 0. The van der Waals surface area contributed by atoms with Crippen LogP contribution in [0.1, 0.15) is 23.6 Å².